The summed E-state index contributed by atoms with van der Waals surface area (Å²) in [6, 6.07) is -0.887. The molecule has 0 aromatic heterocycles. The van der Waals surface area contributed by atoms with E-state index in [4.69, 9.17) is 5.73 Å². The number of hydrogen-bond acceptors (Lipinski definition) is 4. The SMILES string of the molecule is CCCC/C(=C/C(=O)OC)N=NC(N)=O. The molecule has 6 heteroatoms. The number of hydrogen-bond donors (Lipinski definition) is 1. The van der Waals surface area contributed by atoms with Gasteiger partial charge < -0.3 is 10.5 Å². The Morgan fingerprint density at radius 3 is 2.53 bits per heavy atom. The maximum absolute atomic E-state index is 10.9. The molecular weight excluding hydrogens is 198 g/mol. The number of ether oxygens (including phenoxy) is 1. The van der Waals surface area contributed by atoms with Gasteiger partial charge in [-0.15, -0.1) is 0 Å². The predicted octanol–water partition coefficient (Wildman–Crippen LogP) is 1.76. The molecule has 0 saturated heterocycles. The molecule has 0 spiro atoms. The van der Waals surface area contributed by atoms with E-state index < -0.39 is 12.0 Å². The number of rotatable bonds is 5. The summed E-state index contributed by atoms with van der Waals surface area (Å²) in [5.41, 5.74) is 5.18. The Balaban J connectivity index is 4.49. The van der Waals surface area contributed by atoms with Crippen molar-refractivity contribution in [2.75, 3.05) is 7.11 Å². The fourth-order valence-corrected chi connectivity index (χ4v) is 0.817. The van der Waals surface area contributed by atoms with Crippen LogP contribution < -0.4 is 5.73 Å². The molecule has 0 atom stereocenters. The van der Waals surface area contributed by atoms with Crippen LogP contribution in [0.1, 0.15) is 26.2 Å². The standard InChI is InChI=1S/C9H15N3O3/c1-3-4-5-7(6-8(13)15-2)11-12-9(10)14/h6H,3-5H2,1-2H3,(H2,10,14)/b7-6-,12-11?. The second kappa shape index (κ2) is 7.66. The number of unbranched alkanes of at least 4 members (excludes halogenated alkanes) is 1. The highest BCUT2D eigenvalue weighted by Gasteiger charge is 2.01. The Labute approximate surface area is 88.2 Å². The maximum atomic E-state index is 10.9. The van der Waals surface area contributed by atoms with Gasteiger partial charge in [-0.05, 0) is 12.8 Å². The molecule has 0 aromatic rings. The zero-order valence-corrected chi connectivity index (χ0v) is 8.90. The molecule has 0 unspecified atom stereocenters. The Kier molecular flexibility index (Phi) is 6.78. The smallest absolute Gasteiger partial charge is 0.356 e. The molecule has 0 bridgehead atoms. The van der Waals surface area contributed by atoms with E-state index in [-0.39, 0.29) is 0 Å². The van der Waals surface area contributed by atoms with Gasteiger partial charge in [0.1, 0.15) is 0 Å². The largest absolute Gasteiger partial charge is 0.466 e. The molecule has 0 rings (SSSR count). The van der Waals surface area contributed by atoms with Gasteiger partial charge in [0.05, 0.1) is 12.8 Å². The highest BCUT2D eigenvalue weighted by atomic mass is 16.5. The molecule has 6 nitrogen and oxygen atoms in total. The highest BCUT2D eigenvalue weighted by molar-refractivity contribution is 5.82. The fraction of sp³-hybridized carbons (Fsp3) is 0.556. The summed E-state index contributed by atoms with van der Waals surface area (Å²) in [5.74, 6) is -0.524. The van der Waals surface area contributed by atoms with Crippen molar-refractivity contribution < 1.29 is 14.3 Å². The molecule has 0 saturated carbocycles. The Hall–Kier alpha value is -1.72. The Bertz CT molecular complexity index is 284. The lowest BCUT2D eigenvalue weighted by Crippen LogP contribution is -2.03. The Morgan fingerprint density at radius 1 is 1.40 bits per heavy atom. The first-order valence-electron chi connectivity index (χ1n) is 4.59. The van der Waals surface area contributed by atoms with Gasteiger partial charge in [0.15, 0.2) is 0 Å². The number of nitrogens with two attached hydrogens (primary N) is 1. The molecule has 15 heavy (non-hydrogen) atoms. The summed E-state index contributed by atoms with van der Waals surface area (Å²) in [4.78, 5) is 21.3. The summed E-state index contributed by atoms with van der Waals surface area (Å²) < 4.78 is 4.43. The van der Waals surface area contributed by atoms with E-state index in [2.05, 4.69) is 15.0 Å². The van der Waals surface area contributed by atoms with E-state index in [1.807, 2.05) is 6.92 Å². The Morgan fingerprint density at radius 2 is 2.07 bits per heavy atom. The number of azo groups is 1. The van der Waals surface area contributed by atoms with Crippen LogP contribution in [0.15, 0.2) is 22.0 Å². The first kappa shape index (κ1) is 13.3. The molecule has 0 aliphatic heterocycles. The van der Waals surface area contributed by atoms with Crippen molar-refractivity contribution in [1.29, 1.82) is 0 Å². The molecule has 2 N–H and O–H groups in total. The number of nitrogens with zero attached hydrogens (tertiary/aromatic N) is 2. The van der Waals surface area contributed by atoms with Crippen LogP contribution in [0.4, 0.5) is 4.79 Å². The van der Waals surface area contributed by atoms with Gasteiger partial charge in [0.2, 0.25) is 0 Å². The van der Waals surface area contributed by atoms with E-state index >= 15 is 0 Å². The zero-order chi connectivity index (χ0) is 11.7. The van der Waals surface area contributed by atoms with Crippen LogP contribution in [-0.4, -0.2) is 19.1 Å². The number of methoxy groups -OCH3 is 1. The van der Waals surface area contributed by atoms with Gasteiger partial charge in [-0.25, -0.2) is 9.59 Å². The predicted molar refractivity (Wildman–Crippen MR) is 54.1 cm³/mol. The van der Waals surface area contributed by atoms with Crippen molar-refractivity contribution in [2.24, 2.45) is 16.0 Å². The number of urea groups is 1. The van der Waals surface area contributed by atoms with Gasteiger partial charge in [-0.1, -0.05) is 18.5 Å². The lowest BCUT2D eigenvalue weighted by Gasteiger charge is -1.98. The topological polar surface area (TPSA) is 94.1 Å². The van der Waals surface area contributed by atoms with Gasteiger partial charge in [0, 0.05) is 6.08 Å². The fourth-order valence-electron chi connectivity index (χ4n) is 0.817. The van der Waals surface area contributed by atoms with Crippen molar-refractivity contribution in [3.63, 3.8) is 0 Å². The summed E-state index contributed by atoms with van der Waals surface area (Å²) >= 11 is 0. The summed E-state index contributed by atoms with van der Waals surface area (Å²) in [6.07, 6.45) is 3.55. The molecule has 0 aliphatic rings. The molecule has 2 amide bonds. The van der Waals surface area contributed by atoms with Crippen LogP contribution in [0.2, 0.25) is 0 Å². The van der Waals surface area contributed by atoms with Crippen molar-refractivity contribution in [2.45, 2.75) is 26.2 Å². The monoisotopic (exact) mass is 213 g/mol. The number of carbonyl (C=O) groups excluding carboxylic acids is 2. The van der Waals surface area contributed by atoms with Crippen LogP contribution in [0.5, 0.6) is 0 Å². The number of carbonyl (C=O) groups is 2. The minimum atomic E-state index is -0.887. The quantitative estimate of drug-likeness (QED) is 0.428. The molecule has 0 aliphatic carbocycles. The van der Waals surface area contributed by atoms with Crippen molar-refractivity contribution >= 4 is 12.0 Å². The van der Waals surface area contributed by atoms with Crippen molar-refractivity contribution in [3.8, 4) is 0 Å². The van der Waals surface area contributed by atoms with E-state index in [0.717, 1.165) is 12.8 Å². The number of esters is 1. The van der Waals surface area contributed by atoms with Crippen LogP contribution >= 0.6 is 0 Å². The summed E-state index contributed by atoms with van der Waals surface area (Å²) in [6.45, 7) is 2.00. The van der Waals surface area contributed by atoms with Crippen molar-refractivity contribution in [3.05, 3.63) is 11.8 Å². The van der Waals surface area contributed by atoms with Crippen LogP contribution in [0.25, 0.3) is 0 Å². The third-order valence-electron chi connectivity index (χ3n) is 1.55. The molecule has 0 radical (unpaired) electrons. The molecule has 0 aromatic carbocycles. The second-order valence-electron chi connectivity index (χ2n) is 2.80. The van der Waals surface area contributed by atoms with E-state index in [0.29, 0.717) is 12.1 Å². The minimum absolute atomic E-state index is 0.391. The van der Waals surface area contributed by atoms with Gasteiger partial charge in [0.25, 0.3) is 0 Å². The number of allylic oxidation sites excluding steroid dienone is 1. The first-order chi connectivity index (χ1) is 7.10. The third kappa shape index (κ3) is 7.36. The van der Waals surface area contributed by atoms with Gasteiger partial charge in [-0.3, -0.25) is 0 Å². The van der Waals surface area contributed by atoms with E-state index in [1.165, 1.54) is 13.2 Å². The number of primary amides is 1. The third-order valence-corrected chi connectivity index (χ3v) is 1.55. The first-order valence-corrected chi connectivity index (χ1v) is 4.59. The molecular formula is C9H15N3O3. The van der Waals surface area contributed by atoms with Crippen LogP contribution in [0.3, 0.4) is 0 Å². The van der Waals surface area contributed by atoms with Crippen molar-refractivity contribution in [1.82, 2.24) is 0 Å². The van der Waals surface area contributed by atoms with Gasteiger partial charge >= 0.3 is 12.0 Å². The summed E-state index contributed by atoms with van der Waals surface area (Å²) in [5, 5.41) is 6.71. The minimum Gasteiger partial charge on any atom is -0.466 e. The molecule has 0 heterocycles. The molecule has 84 valence electrons. The van der Waals surface area contributed by atoms with E-state index in [1.54, 1.807) is 0 Å². The molecule has 0 fully saturated rings. The zero-order valence-electron chi connectivity index (χ0n) is 8.90. The second-order valence-corrected chi connectivity index (χ2v) is 2.80. The normalized spacial score (nSPS) is 11.7. The van der Waals surface area contributed by atoms with Gasteiger partial charge in [-0.2, -0.15) is 5.11 Å². The maximum Gasteiger partial charge on any atom is 0.356 e. The average molecular weight is 213 g/mol. The highest BCUT2D eigenvalue weighted by Crippen LogP contribution is 2.09. The van der Waals surface area contributed by atoms with Crippen LogP contribution in [0, 0.1) is 0 Å². The lowest BCUT2D eigenvalue weighted by atomic mass is 10.2. The number of amides is 2. The van der Waals surface area contributed by atoms with Crippen LogP contribution in [-0.2, 0) is 9.53 Å². The average Bonchev–Trinajstić information content (AvgIpc) is 2.21. The van der Waals surface area contributed by atoms with E-state index in [9.17, 15) is 9.59 Å². The summed E-state index contributed by atoms with van der Waals surface area (Å²) in [7, 11) is 1.27. The lowest BCUT2D eigenvalue weighted by molar-refractivity contribution is -0.134.